The summed E-state index contributed by atoms with van der Waals surface area (Å²) in [6, 6.07) is 3.94. The van der Waals surface area contributed by atoms with Gasteiger partial charge in [-0.1, -0.05) is 0 Å². The van der Waals surface area contributed by atoms with Crippen LogP contribution in [-0.4, -0.2) is 50.7 Å². The number of furan rings is 1. The lowest BCUT2D eigenvalue weighted by atomic mass is 9.80. The smallest absolute Gasteiger partial charge is 0.186 e. The summed E-state index contributed by atoms with van der Waals surface area (Å²) in [5.74, 6) is 1.50. The SMILES string of the molecule is CCNC(=S)N/N=C(C)/C(=N\NC(=S)NCC)c1ccc(CN2C(C)(C)CCCC2(C)C)o1. The molecule has 1 aromatic heterocycles. The molecule has 4 N–H and O–H groups in total. The fraction of sp³-hybridized carbons (Fsp3) is 0.652. The topological polar surface area (TPSA) is 89.2 Å². The third-order valence-corrected chi connectivity index (χ3v) is 6.33. The first-order chi connectivity index (χ1) is 15.5. The molecule has 1 aliphatic rings. The monoisotopic (exact) mass is 493 g/mol. The summed E-state index contributed by atoms with van der Waals surface area (Å²) in [7, 11) is 0. The van der Waals surface area contributed by atoms with E-state index in [1.54, 1.807) is 0 Å². The van der Waals surface area contributed by atoms with Crippen molar-refractivity contribution < 1.29 is 4.42 Å². The molecule has 1 fully saturated rings. The quantitative estimate of drug-likeness (QED) is 0.247. The molecule has 0 bridgehead atoms. The minimum atomic E-state index is 0.106. The van der Waals surface area contributed by atoms with Gasteiger partial charge in [0, 0.05) is 24.2 Å². The molecule has 8 nitrogen and oxygen atoms in total. The largest absolute Gasteiger partial charge is 0.458 e. The molecule has 0 radical (unpaired) electrons. The highest BCUT2D eigenvalue weighted by atomic mass is 32.1. The van der Waals surface area contributed by atoms with Gasteiger partial charge in [0.25, 0.3) is 0 Å². The van der Waals surface area contributed by atoms with Gasteiger partial charge in [-0.15, -0.1) is 0 Å². The summed E-state index contributed by atoms with van der Waals surface area (Å²) in [4.78, 5) is 2.54. The van der Waals surface area contributed by atoms with Crippen LogP contribution in [0.25, 0.3) is 0 Å². The Morgan fingerprint density at radius 2 is 1.52 bits per heavy atom. The van der Waals surface area contributed by atoms with Crippen molar-refractivity contribution in [3.63, 3.8) is 0 Å². The molecule has 0 spiro atoms. The molecule has 0 aromatic carbocycles. The number of hydrogen-bond acceptors (Lipinski definition) is 6. The zero-order valence-electron chi connectivity index (χ0n) is 21.0. The van der Waals surface area contributed by atoms with Crippen LogP contribution in [0, 0.1) is 0 Å². The van der Waals surface area contributed by atoms with Crippen molar-refractivity contribution >= 4 is 46.1 Å². The van der Waals surface area contributed by atoms with E-state index < -0.39 is 0 Å². The fourth-order valence-electron chi connectivity index (χ4n) is 4.23. The number of hydrogen-bond donors (Lipinski definition) is 4. The zero-order valence-corrected chi connectivity index (χ0v) is 22.6. The van der Waals surface area contributed by atoms with E-state index in [2.05, 4.69) is 64.3 Å². The van der Waals surface area contributed by atoms with Gasteiger partial charge in [-0.2, -0.15) is 10.2 Å². The van der Waals surface area contributed by atoms with Crippen LogP contribution in [0.2, 0.25) is 0 Å². The molecule has 1 saturated heterocycles. The van der Waals surface area contributed by atoms with Gasteiger partial charge in [0.1, 0.15) is 11.5 Å². The molecular weight excluding hydrogens is 454 g/mol. The summed E-state index contributed by atoms with van der Waals surface area (Å²) in [6.07, 6.45) is 3.59. The number of nitrogens with one attached hydrogen (secondary N) is 4. The van der Waals surface area contributed by atoms with Gasteiger partial charge in [0.15, 0.2) is 16.0 Å². The van der Waals surface area contributed by atoms with E-state index in [1.165, 1.54) is 19.3 Å². The van der Waals surface area contributed by atoms with Crippen LogP contribution in [0.4, 0.5) is 0 Å². The maximum atomic E-state index is 6.27. The molecule has 184 valence electrons. The second-order valence-corrected chi connectivity index (χ2v) is 10.2. The summed E-state index contributed by atoms with van der Waals surface area (Å²) < 4.78 is 6.27. The van der Waals surface area contributed by atoms with Crippen LogP contribution in [0.3, 0.4) is 0 Å². The van der Waals surface area contributed by atoms with Crippen molar-refractivity contribution in [3.8, 4) is 0 Å². The highest BCUT2D eigenvalue weighted by Crippen LogP contribution is 2.39. The van der Waals surface area contributed by atoms with E-state index in [0.717, 1.165) is 12.3 Å². The average Bonchev–Trinajstić information content (AvgIpc) is 3.18. The standard InChI is InChI=1S/C23H39N7OS2/c1-8-24-20(32)28-26-16(3)19(27-29-21(33)25-9-2)18-12-11-17(31-18)15-30-22(4,5)13-10-14-23(30,6)7/h11-12H,8-10,13-15H2,1-7H3,(H2,24,28,32)(H2,25,29,33)/b26-16+,27-19+. The maximum Gasteiger partial charge on any atom is 0.186 e. The normalized spacial score (nSPS) is 18.5. The Morgan fingerprint density at radius 3 is 2.06 bits per heavy atom. The summed E-state index contributed by atoms with van der Waals surface area (Å²) >= 11 is 10.5. The van der Waals surface area contributed by atoms with Crippen LogP contribution in [0.5, 0.6) is 0 Å². The molecule has 1 aromatic rings. The van der Waals surface area contributed by atoms with Crippen molar-refractivity contribution in [2.75, 3.05) is 13.1 Å². The van der Waals surface area contributed by atoms with Crippen LogP contribution < -0.4 is 21.5 Å². The Morgan fingerprint density at radius 1 is 0.970 bits per heavy atom. The van der Waals surface area contributed by atoms with Gasteiger partial charge in [0.05, 0.1) is 12.3 Å². The molecule has 0 aliphatic carbocycles. The van der Waals surface area contributed by atoms with Crippen molar-refractivity contribution in [2.24, 2.45) is 10.2 Å². The molecule has 1 aliphatic heterocycles. The van der Waals surface area contributed by atoms with Crippen LogP contribution in [-0.2, 0) is 6.54 Å². The lowest BCUT2D eigenvalue weighted by Crippen LogP contribution is -2.57. The van der Waals surface area contributed by atoms with Crippen molar-refractivity contribution in [1.82, 2.24) is 26.4 Å². The highest BCUT2D eigenvalue weighted by Gasteiger charge is 2.41. The minimum Gasteiger partial charge on any atom is -0.458 e. The number of piperidine rings is 1. The Balaban J connectivity index is 2.29. The molecule has 0 atom stereocenters. The fourth-order valence-corrected chi connectivity index (χ4v) is 4.61. The second-order valence-electron chi connectivity index (χ2n) is 9.43. The first-order valence-electron chi connectivity index (χ1n) is 11.6. The van der Waals surface area contributed by atoms with Gasteiger partial charge in [0.2, 0.25) is 0 Å². The third kappa shape index (κ3) is 7.75. The van der Waals surface area contributed by atoms with Crippen molar-refractivity contribution in [3.05, 3.63) is 23.7 Å². The van der Waals surface area contributed by atoms with E-state index >= 15 is 0 Å². The van der Waals surface area contributed by atoms with Gasteiger partial charge < -0.3 is 15.1 Å². The van der Waals surface area contributed by atoms with Crippen LogP contribution in [0.1, 0.15) is 79.2 Å². The zero-order chi connectivity index (χ0) is 24.6. The molecule has 2 rings (SSSR count). The van der Waals surface area contributed by atoms with Crippen LogP contribution >= 0.6 is 24.4 Å². The van der Waals surface area contributed by atoms with E-state index in [1.807, 2.05) is 32.9 Å². The Bertz CT molecular complexity index is 873. The maximum absolute atomic E-state index is 6.27. The Labute approximate surface area is 209 Å². The summed E-state index contributed by atoms with van der Waals surface area (Å²) in [5, 5.41) is 15.8. The van der Waals surface area contributed by atoms with E-state index in [-0.39, 0.29) is 11.1 Å². The lowest BCUT2D eigenvalue weighted by molar-refractivity contribution is -0.0384. The first kappa shape index (κ1) is 27.2. The number of likely N-dealkylation sites (tertiary alicyclic amines) is 1. The van der Waals surface area contributed by atoms with E-state index in [0.29, 0.717) is 40.5 Å². The molecule has 33 heavy (non-hydrogen) atoms. The minimum absolute atomic E-state index is 0.106. The lowest BCUT2D eigenvalue weighted by Gasteiger charge is -2.52. The second kappa shape index (κ2) is 11.9. The predicted octanol–water partition coefficient (Wildman–Crippen LogP) is 3.87. The molecular formula is C23H39N7OS2. The van der Waals surface area contributed by atoms with Gasteiger partial charge in [-0.05, 0) is 104 Å². The van der Waals surface area contributed by atoms with Gasteiger partial charge in [-0.3, -0.25) is 15.8 Å². The molecule has 0 amide bonds. The molecule has 2 heterocycles. The summed E-state index contributed by atoms with van der Waals surface area (Å²) in [5.41, 5.74) is 7.09. The highest BCUT2D eigenvalue weighted by molar-refractivity contribution is 7.80. The van der Waals surface area contributed by atoms with Crippen LogP contribution in [0.15, 0.2) is 26.8 Å². The predicted molar refractivity (Wildman–Crippen MR) is 145 cm³/mol. The van der Waals surface area contributed by atoms with Crippen molar-refractivity contribution in [2.45, 2.75) is 85.4 Å². The molecule has 0 unspecified atom stereocenters. The van der Waals surface area contributed by atoms with E-state index in [4.69, 9.17) is 28.9 Å². The van der Waals surface area contributed by atoms with Gasteiger partial charge >= 0.3 is 0 Å². The number of thiocarbonyl (C=S) groups is 2. The van der Waals surface area contributed by atoms with E-state index in [9.17, 15) is 0 Å². The van der Waals surface area contributed by atoms with Gasteiger partial charge in [-0.25, -0.2) is 0 Å². The number of rotatable bonds is 8. The van der Waals surface area contributed by atoms with Crippen molar-refractivity contribution in [1.29, 1.82) is 0 Å². The summed E-state index contributed by atoms with van der Waals surface area (Å²) in [6.45, 7) is 17.2. The Kier molecular flexibility index (Phi) is 9.81. The number of hydrazone groups is 2. The average molecular weight is 494 g/mol. The number of nitrogens with zero attached hydrogens (tertiary/aromatic N) is 3. The first-order valence-corrected chi connectivity index (χ1v) is 12.4. The third-order valence-electron chi connectivity index (χ3n) is 5.86. The molecule has 0 saturated carbocycles. The molecule has 10 heteroatoms. The Hall–Kier alpha value is -2.04.